The van der Waals surface area contributed by atoms with E-state index in [-0.39, 0.29) is 24.0 Å². The van der Waals surface area contributed by atoms with Crippen LogP contribution in [0, 0.1) is 10.1 Å². The molecule has 6 nitrogen and oxygen atoms in total. The van der Waals surface area contributed by atoms with Gasteiger partial charge < -0.3 is 0 Å². The maximum atomic E-state index is 12.3. The first kappa shape index (κ1) is 14.4. The minimum absolute atomic E-state index is 0.0192. The molecule has 0 saturated carbocycles. The zero-order chi connectivity index (χ0) is 15.9. The Morgan fingerprint density at radius 2 is 1.64 bits per heavy atom. The summed E-state index contributed by atoms with van der Waals surface area (Å²) in [6.45, 7) is -0.0192. The zero-order valence-electron chi connectivity index (χ0n) is 11.2. The van der Waals surface area contributed by atoms with Crippen molar-refractivity contribution in [3.05, 3.63) is 73.7 Å². The number of hydrogen-bond donors (Lipinski definition) is 0. The number of nitro benzene ring substituents is 1. The third-order valence-corrected chi connectivity index (χ3v) is 4.22. The van der Waals surface area contributed by atoms with E-state index in [1.54, 1.807) is 24.3 Å². The molecule has 0 unspecified atom stereocenters. The number of carbonyl (C=O) groups is 2. The molecule has 3 rings (SSSR count). The fourth-order valence-corrected chi connectivity index (χ4v) is 2.72. The van der Waals surface area contributed by atoms with Crippen molar-refractivity contribution in [1.82, 2.24) is 4.90 Å². The van der Waals surface area contributed by atoms with E-state index in [1.165, 1.54) is 18.2 Å². The van der Waals surface area contributed by atoms with Crippen LogP contribution >= 0.6 is 15.9 Å². The summed E-state index contributed by atoms with van der Waals surface area (Å²) in [5.41, 5.74) is 1.13. The Hall–Kier alpha value is -2.54. The molecule has 0 N–H and O–H groups in total. The predicted octanol–water partition coefficient (Wildman–Crippen LogP) is 3.15. The molecule has 0 aromatic heterocycles. The van der Waals surface area contributed by atoms with Gasteiger partial charge >= 0.3 is 0 Å². The van der Waals surface area contributed by atoms with Crippen molar-refractivity contribution < 1.29 is 14.5 Å². The first-order valence-corrected chi connectivity index (χ1v) is 7.16. The van der Waals surface area contributed by atoms with Crippen molar-refractivity contribution in [1.29, 1.82) is 0 Å². The zero-order valence-corrected chi connectivity index (χ0v) is 12.7. The van der Waals surface area contributed by atoms with Gasteiger partial charge in [-0.3, -0.25) is 24.6 Å². The number of rotatable bonds is 3. The number of non-ortho nitro benzene ring substituents is 1. The topological polar surface area (TPSA) is 80.5 Å². The molecular formula is C15H9BrN2O4. The molecule has 22 heavy (non-hydrogen) atoms. The minimum atomic E-state index is -0.516. The Kier molecular flexibility index (Phi) is 3.50. The van der Waals surface area contributed by atoms with Gasteiger partial charge in [0.1, 0.15) is 0 Å². The van der Waals surface area contributed by atoms with Gasteiger partial charge in [0.2, 0.25) is 0 Å². The molecule has 110 valence electrons. The van der Waals surface area contributed by atoms with Crippen LogP contribution in [0.25, 0.3) is 0 Å². The highest BCUT2D eigenvalue weighted by atomic mass is 79.9. The lowest BCUT2D eigenvalue weighted by atomic mass is 10.1. The predicted molar refractivity (Wildman–Crippen MR) is 81.4 cm³/mol. The van der Waals surface area contributed by atoms with Crippen LogP contribution in [0.15, 0.2) is 46.9 Å². The van der Waals surface area contributed by atoms with E-state index in [2.05, 4.69) is 15.9 Å². The molecule has 1 aliphatic rings. The molecule has 2 aromatic rings. The second-order valence-electron chi connectivity index (χ2n) is 4.77. The average Bonchev–Trinajstić information content (AvgIpc) is 2.74. The van der Waals surface area contributed by atoms with Gasteiger partial charge in [-0.15, -0.1) is 0 Å². The van der Waals surface area contributed by atoms with Crippen molar-refractivity contribution in [3.8, 4) is 0 Å². The van der Waals surface area contributed by atoms with Crippen molar-refractivity contribution in [3.63, 3.8) is 0 Å². The van der Waals surface area contributed by atoms with Crippen LogP contribution < -0.4 is 0 Å². The lowest BCUT2D eigenvalue weighted by molar-refractivity contribution is -0.384. The molecule has 0 spiro atoms. The fraction of sp³-hybridized carbons (Fsp3) is 0.0667. The summed E-state index contributed by atoms with van der Waals surface area (Å²) in [5, 5.41) is 10.9. The Bertz CT molecular complexity index is 784. The Balaban J connectivity index is 1.95. The van der Waals surface area contributed by atoms with Crippen LogP contribution in [0.5, 0.6) is 0 Å². The second kappa shape index (κ2) is 5.34. The Morgan fingerprint density at radius 1 is 1.05 bits per heavy atom. The average molecular weight is 361 g/mol. The van der Waals surface area contributed by atoms with Crippen molar-refractivity contribution >= 4 is 33.4 Å². The Morgan fingerprint density at radius 3 is 2.18 bits per heavy atom. The highest BCUT2D eigenvalue weighted by molar-refractivity contribution is 9.10. The minimum Gasteiger partial charge on any atom is -0.270 e. The normalized spacial score (nSPS) is 13.4. The summed E-state index contributed by atoms with van der Waals surface area (Å²) in [5.74, 6) is -0.780. The highest BCUT2D eigenvalue weighted by Gasteiger charge is 2.35. The maximum absolute atomic E-state index is 12.3. The Labute approximate surface area is 133 Å². The number of amides is 2. The summed E-state index contributed by atoms with van der Waals surface area (Å²) in [6.07, 6.45) is 0. The van der Waals surface area contributed by atoms with Gasteiger partial charge in [0, 0.05) is 16.6 Å². The molecule has 0 radical (unpaired) electrons. The van der Waals surface area contributed by atoms with Gasteiger partial charge in [0.25, 0.3) is 17.5 Å². The van der Waals surface area contributed by atoms with Gasteiger partial charge in [-0.25, -0.2) is 0 Å². The van der Waals surface area contributed by atoms with Crippen LogP contribution in [0.4, 0.5) is 5.69 Å². The summed E-state index contributed by atoms with van der Waals surface area (Å²) in [6, 6.07) is 10.8. The summed E-state index contributed by atoms with van der Waals surface area (Å²) in [7, 11) is 0. The van der Waals surface area contributed by atoms with E-state index in [4.69, 9.17) is 0 Å². The van der Waals surface area contributed by atoms with E-state index in [1.807, 2.05) is 0 Å². The van der Waals surface area contributed by atoms with Crippen molar-refractivity contribution in [2.75, 3.05) is 0 Å². The molecule has 2 amide bonds. The van der Waals surface area contributed by atoms with Gasteiger partial charge in [0.15, 0.2) is 0 Å². The van der Waals surface area contributed by atoms with Gasteiger partial charge in [-0.05, 0) is 23.8 Å². The largest absolute Gasteiger partial charge is 0.270 e. The molecule has 2 aromatic carbocycles. The number of nitro groups is 1. The number of fused-ring (bicyclic) bond motifs is 1. The molecule has 1 aliphatic heterocycles. The third kappa shape index (κ3) is 2.29. The molecule has 7 heteroatoms. The monoisotopic (exact) mass is 360 g/mol. The molecule has 1 heterocycles. The number of hydrogen-bond acceptors (Lipinski definition) is 4. The summed E-state index contributed by atoms with van der Waals surface area (Å²) >= 11 is 3.29. The summed E-state index contributed by atoms with van der Waals surface area (Å²) in [4.78, 5) is 36.0. The lowest BCUT2D eigenvalue weighted by Gasteiger charge is -2.14. The van der Waals surface area contributed by atoms with Gasteiger partial charge in [-0.2, -0.15) is 0 Å². The number of benzene rings is 2. The quantitative estimate of drug-likeness (QED) is 0.478. The van der Waals surface area contributed by atoms with Crippen molar-refractivity contribution in [2.45, 2.75) is 6.54 Å². The van der Waals surface area contributed by atoms with Crippen LogP contribution in [-0.4, -0.2) is 21.6 Å². The number of halogens is 1. The van der Waals surface area contributed by atoms with Gasteiger partial charge in [-0.1, -0.05) is 28.1 Å². The van der Waals surface area contributed by atoms with Crippen LogP contribution in [-0.2, 0) is 6.54 Å². The molecule has 0 fully saturated rings. The number of carbonyl (C=O) groups excluding carboxylic acids is 2. The van der Waals surface area contributed by atoms with E-state index < -0.39 is 4.92 Å². The smallest absolute Gasteiger partial charge is 0.269 e. The van der Waals surface area contributed by atoms with Gasteiger partial charge in [0.05, 0.1) is 22.6 Å². The van der Waals surface area contributed by atoms with E-state index in [9.17, 15) is 19.7 Å². The first-order chi connectivity index (χ1) is 10.5. The first-order valence-electron chi connectivity index (χ1n) is 6.37. The third-order valence-electron chi connectivity index (χ3n) is 3.45. The number of nitrogens with zero attached hydrogens (tertiary/aromatic N) is 2. The standard InChI is InChI=1S/C15H9BrN2O4/c16-13-6-5-10(18(21)22)7-9(13)8-17-14(19)11-3-1-2-4-12(11)15(17)20/h1-7H,8H2. The van der Waals surface area contributed by atoms with Crippen LogP contribution in [0.3, 0.4) is 0 Å². The maximum Gasteiger partial charge on any atom is 0.269 e. The highest BCUT2D eigenvalue weighted by Crippen LogP contribution is 2.28. The number of imide groups is 1. The fourth-order valence-electron chi connectivity index (χ4n) is 2.35. The lowest BCUT2D eigenvalue weighted by Crippen LogP contribution is -2.29. The van der Waals surface area contributed by atoms with Crippen LogP contribution in [0.2, 0.25) is 0 Å². The SMILES string of the molecule is O=C1c2ccccc2C(=O)N1Cc1cc([N+](=O)[O-])ccc1Br. The molecule has 0 atom stereocenters. The molecule has 0 bridgehead atoms. The molecule has 0 saturated heterocycles. The molecular weight excluding hydrogens is 352 g/mol. The van der Waals surface area contributed by atoms with E-state index >= 15 is 0 Å². The second-order valence-corrected chi connectivity index (χ2v) is 5.63. The van der Waals surface area contributed by atoms with E-state index in [0.29, 0.717) is 21.2 Å². The summed E-state index contributed by atoms with van der Waals surface area (Å²) < 4.78 is 0.606. The van der Waals surface area contributed by atoms with E-state index in [0.717, 1.165) is 4.90 Å². The van der Waals surface area contributed by atoms with Crippen LogP contribution in [0.1, 0.15) is 26.3 Å². The van der Waals surface area contributed by atoms with Crippen molar-refractivity contribution in [2.24, 2.45) is 0 Å². The molecule has 0 aliphatic carbocycles.